The lowest BCUT2D eigenvalue weighted by Gasteiger charge is -2.10. The highest BCUT2D eigenvalue weighted by Crippen LogP contribution is 2.20. The van der Waals surface area contributed by atoms with Crippen LogP contribution in [0, 0.1) is 13.8 Å². The monoisotopic (exact) mass is 278 g/mol. The first-order valence-electron chi connectivity index (χ1n) is 7.01. The molecule has 0 saturated heterocycles. The van der Waals surface area contributed by atoms with Crippen LogP contribution >= 0.6 is 0 Å². The molecule has 0 saturated carbocycles. The number of aromatic nitrogens is 3. The van der Waals surface area contributed by atoms with Gasteiger partial charge in [-0.15, -0.1) is 0 Å². The van der Waals surface area contributed by atoms with Crippen LogP contribution < -0.4 is 5.32 Å². The number of nitrogens with zero attached hydrogens (tertiary/aromatic N) is 2. The molecule has 0 aliphatic rings. The molecule has 4 nitrogen and oxygen atoms in total. The van der Waals surface area contributed by atoms with Gasteiger partial charge < -0.3 is 5.32 Å². The molecule has 4 heteroatoms. The van der Waals surface area contributed by atoms with E-state index in [0.29, 0.717) is 6.54 Å². The first-order chi connectivity index (χ1) is 10.2. The maximum absolute atomic E-state index is 4.53. The number of benzene rings is 2. The summed E-state index contributed by atoms with van der Waals surface area (Å²) in [6.07, 6.45) is 0. The van der Waals surface area contributed by atoms with Crippen molar-refractivity contribution in [3.8, 4) is 11.4 Å². The summed E-state index contributed by atoms with van der Waals surface area (Å²) in [5.74, 6) is 1.56. The average Bonchev–Trinajstić information content (AvgIpc) is 2.97. The molecular formula is C17H18N4. The van der Waals surface area contributed by atoms with Gasteiger partial charge >= 0.3 is 0 Å². The van der Waals surface area contributed by atoms with Crippen LogP contribution in [0.25, 0.3) is 11.4 Å². The Bertz CT molecular complexity index is 711. The molecule has 21 heavy (non-hydrogen) atoms. The number of aryl methyl sites for hydroxylation is 2. The van der Waals surface area contributed by atoms with Crippen molar-refractivity contribution in [2.24, 2.45) is 0 Å². The molecule has 0 aliphatic heterocycles. The zero-order chi connectivity index (χ0) is 14.7. The third-order valence-corrected chi connectivity index (χ3v) is 3.48. The lowest BCUT2D eigenvalue weighted by Crippen LogP contribution is -2.04. The maximum Gasteiger partial charge on any atom is 0.181 e. The van der Waals surface area contributed by atoms with Crippen molar-refractivity contribution < 1.29 is 0 Å². The average molecular weight is 278 g/mol. The fourth-order valence-electron chi connectivity index (χ4n) is 2.36. The molecule has 0 amide bonds. The lowest BCUT2D eigenvalue weighted by atomic mass is 10.1. The van der Waals surface area contributed by atoms with Crippen molar-refractivity contribution in [1.29, 1.82) is 0 Å². The molecule has 3 aromatic rings. The predicted molar refractivity (Wildman–Crippen MR) is 85.1 cm³/mol. The van der Waals surface area contributed by atoms with E-state index in [1.165, 1.54) is 11.1 Å². The zero-order valence-electron chi connectivity index (χ0n) is 12.2. The van der Waals surface area contributed by atoms with Gasteiger partial charge in [0.25, 0.3) is 0 Å². The topological polar surface area (TPSA) is 53.6 Å². The summed E-state index contributed by atoms with van der Waals surface area (Å²) in [7, 11) is 0. The highest BCUT2D eigenvalue weighted by molar-refractivity contribution is 5.57. The van der Waals surface area contributed by atoms with Gasteiger partial charge in [0.2, 0.25) is 0 Å². The molecule has 0 fully saturated rings. The Morgan fingerprint density at radius 3 is 2.38 bits per heavy atom. The van der Waals surface area contributed by atoms with E-state index in [1.54, 1.807) is 0 Å². The lowest BCUT2D eigenvalue weighted by molar-refractivity contribution is 0.951. The summed E-state index contributed by atoms with van der Waals surface area (Å²) in [5, 5.41) is 10.7. The smallest absolute Gasteiger partial charge is 0.181 e. The van der Waals surface area contributed by atoms with Gasteiger partial charge in [0.15, 0.2) is 5.82 Å². The van der Waals surface area contributed by atoms with Crippen LogP contribution in [0.1, 0.15) is 17.0 Å². The Hall–Kier alpha value is -2.62. The van der Waals surface area contributed by atoms with Crippen LogP contribution in [0.2, 0.25) is 0 Å². The van der Waals surface area contributed by atoms with Crippen molar-refractivity contribution in [3.05, 3.63) is 65.5 Å². The largest absolute Gasteiger partial charge is 0.377 e. The normalized spacial score (nSPS) is 10.6. The second kappa shape index (κ2) is 5.79. The van der Waals surface area contributed by atoms with E-state index >= 15 is 0 Å². The van der Waals surface area contributed by atoms with Gasteiger partial charge in [0.1, 0.15) is 5.82 Å². The van der Waals surface area contributed by atoms with E-state index in [4.69, 9.17) is 0 Å². The van der Waals surface area contributed by atoms with Crippen molar-refractivity contribution in [3.63, 3.8) is 0 Å². The second-order valence-corrected chi connectivity index (χ2v) is 5.09. The molecule has 2 aromatic carbocycles. The third-order valence-electron chi connectivity index (χ3n) is 3.48. The van der Waals surface area contributed by atoms with E-state index in [1.807, 2.05) is 30.3 Å². The second-order valence-electron chi connectivity index (χ2n) is 5.09. The third kappa shape index (κ3) is 2.94. The Labute approximate surface area is 124 Å². The van der Waals surface area contributed by atoms with Crippen LogP contribution in [-0.4, -0.2) is 15.2 Å². The molecule has 3 rings (SSSR count). The molecule has 1 heterocycles. The quantitative estimate of drug-likeness (QED) is 0.765. The van der Waals surface area contributed by atoms with Crippen molar-refractivity contribution in [2.75, 3.05) is 5.32 Å². The Kier molecular flexibility index (Phi) is 3.69. The number of para-hydroxylation sites is 1. The highest BCUT2D eigenvalue weighted by atomic mass is 15.2. The van der Waals surface area contributed by atoms with Gasteiger partial charge in [-0.05, 0) is 25.0 Å². The molecule has 106 valence electrons. The van der Waals surface area contributed by atoms with E-state index in [-0.39, 0.29) is 0 Å². The highest BCUT2D eigenvalue weighted by Gasteiger charge is 2.06. The molecule has 0 atom stereocenters. The Morgan fingerprint density at radius 2 is 1.67 bits per heavy atom. The summed E-state index contributed by atoms with van der Waals surface area (Å²) in [6.45, 7) is 4.84. The van der Waals surface area contributed by atoms with Crippen LogP contribution in [0.3, 0.4) is 0 Å². The minimum Gasteiger partial charge on any atom is -0.377 e. The van der Waals surface area contributed by atoms with Gasteiger partial charge in [0, 0.05) is 11.3 Å². The standard InChI is InChI=1S/C17H18N4/c1-12-7-6-8-13(2)16(12)18-11-15-19-17(21-20-15)14-9-4-3-5-10-14/h3-10,18H,11H2,1-2H3,(H,19,20,21). The number of rotatable bonds is 4. The van der Waals surface area contributed by atoms with Crippen LogP contribution in [0.15, 0.2) is 48.5 Å². The molecule has 0 aliphatic carbocycles. The van der Waals surface area contributed by atoms with E-state index in [0.717, 1.165) is 22.9 Å². The minimum absolute atomic E-state index is 0.630. The van der Waals surface area contributed by atoms with Gasteiger partial charge in [-0.2, -0.15) is 5.10 Å². The molecule has 0 radical (unpaired) electrons. The summed E-state index contributed by atoms with van der Waals surface area (Å²) in [4.78, 5) is 4.53. The number of aromatic amines is 1. The van der Waals surface area contributed by atoms with Crippen LogP contribution in [0.4, 0.5) is 5.69 Å². The predicted octanol–water partition coefficient (Wildman–Crippen LogP) is 3.70. The summed E-state index contributed by atoms with van der Waals surface area (Å²) in [5.41, 5.74) is 4.65. The van der Waals surface area contributed by atoms with Gasteiger partial charge in [-0.1, -0.05) is 48.5 Å². The first kappa shape index (κ1) is 13.4. The van der Waals surface area contributed by atoms with E-state index < -0.39 is 0 Å². The maximum atomic E-state index is 4.53. The minimum atomic E-state index is 0.630. The first-order valence-corrected chi connectivity index (χ1v) is 7.01. The van der Waals surface area contributed by atoms with Crippen molar-refractivity contribution in [2.45, 2.75) is 20.4 Å². The molecule has 0 spiro atoms. The number of H-pyrrole nitrogens is 1. The summed E-state index contributed by atoms with van der Waals surface area (Å²) < 4.78 is 0. The Balaban J connectivity index is 1.74. The van der Waals surface area contributed by atoms with Crippen molar-refractivity contribution in [1.82, 2.24) is 15.2 Å². The number of anilines is 1. The molecule has 0 bridgehead atoms. The SMILES string of the molecule is Cc1cccc(C)c1NCc1nc(-c2ccccc2)n[nH]1. The zero-order valence-corrected chi connectivity index (χ0v) is 12.2. The molecule has 0 unspecified atom stereocenters. The van der Waals surface area contributed by atoms with Gasteiger partial charge in [0.05, 0.1) is 6.54 Å². The van der Waals surface area contributed by atoms with Gasteiger partial charge in [-0.25, -0.2) is 4.98 Å². The number of hydrogen-bond acceptors (Lipinski definition) is 3. The fourth-order valence-corrected chi connectivity index (χ4v) is 2.36. The van der Waals surface area contributed by atoms with Crippen LogP contribution in [0.5, 0.6) is 0 Å². The fraction of sp³-hybridized carbons (Fsp3) is 0.176. The Morgan fingerprint density at radius 1 is 0.952 bits per heavy atom. The van der Waals surface area contributed by atoms with E-state index in [9.17, 15) is 0 Å². The summed E-state index contributed by atoms with van der Waals surface area (Å²) >= 11 is 0. The summed E-state index contributed by atoms with van der Waals surface area (Å²) in [6, 6.07) is 16.2. The molecule has 2 N–H and O–H groups in total. The molecular weight excluding hydrogens is 260 g/mol. The van der Waals surface area contributed by atoms with Crippen molar-refractivity contribution >= 4 is 5.69 Å². The van der Waals surface area contributed by atoms with Crippen LogP contribution in [-0.2, 0) is 6.54 Å². The number of nitrogens with one attached hydrogen (secondary N) is 2. The van der Waals surface area contributed by atoms with Gasteiger partial charge in [-0.3, -0.25) is 5.10 Å². The van der Waals surface area contributed by atoms with E-state index in [2.05, 4.69) is 52.5 Å². The molecule has 1 aromatic heterocycles. The number of hydrogen-bond donors (Lipinski definition) is 2.